The lowest BCUT2D eigenvalue weighted by molar-refractivity contribution is -0.119. The predicted octanol–water partition coefficient (Wildman–Crippen LogP) is 2.20. The molecule has 1 amide bonds. The Hall–Kier alpha value is -2.75. The highest BCUT2D eigenvalue weighted by Gasteiger charge is 2.23. The monoisotopic (exact) mass is 404 g/mol. The van der Waals surface area contributed by atoms with Crippen LogP contribution in [-0.4, -0.2) is 51.5 Å². The van der Waals surface area contributed by atoms with Crippen molar-refractivity contribution in [2.24, 2.45) is 5.92 Å². The number of hydrogen-bond donors (Lipinski definition) is 2. The van der Waals surface area contributed by atoms with Gasteiger partial charge in [-0.05, 0) is 31.6 Å². The predicted molar refractivity (Wildman–Crippen MR) is 102 cm³/mol. The fourth-order valence-electron chi connectivity index (χ4n) is 3.58. The molecule has 29 heavy (non-hydrogen) atoms. The Bertz CT molecular complexity index is 848. The van der Waals surface area contributed by atoms with Gasteiger partial charge >= 0.3 is 0 Å². The summed E-state index contributed by atoms with van der Waals surface area (Å²) in [6.07, 6.45) is 8.26. The number of amides is 1. The number of ether oxygens (including phenoxy) is 2. The van der Waals surface area contributed by atoms with Crippen molar-refractivity contribution in [3.05, 3.63) is 24.4 Å². The minimum Gasteiger partial charge on any atom is -0.475 e. The minimum atomic E-state index is -0.593. The first kappa shape index (κ1) is 19.6. The van der Waals surface area contributed by atoms with Crippen molar-refractivity contribution in [1.29, 1.82) is 0 Å². The zero-order chi connectivity index (χ0) is 20.2. The van der Waals surface area contributed by atoms with Crippen molar-refractivity contribution >= 4 is 17.5 Å². The Morgan fingerprint density at radius 3 is 2.79 bits per heavy atom. The van der Waals surface area contributed by atoms with Crippen LogP contribution in [0.15, 0.2) is 18.6 Å². The number of hydrogen-bond acceptors (Lipinski definition) is 7. The number of anilines is 2. The highest BCUT2D eigenvalue weighted by molar-refractivity contribution is 5.73. The normalized spacial score (nSPS) is 22.0. The standard InChI is InChI=1S/C19H25FN6O3/c1-12(27)23-14-4-2-13(3-5-14)9-29-18-17(20)7-21-19(25-18)24-15-6-22-26(8-15)16-10-28-11-16/h6-8,13-14,16H,2-5,9-11H2,1H3,(H,23,27)(H,21,24,25)/t13-,14-. The molecule has 156 valence electrons. The van der Waals surface area contributed by atoms with Crippen LogP contribution in [0.4, 0.5) is 16.0 Å². The molecule has 4 rings (SSSR count). The van der Waals surface area contributed by atoms with Crippen LogP contribution in [0.2, 0.25) is 0 Å². The molecule has 3 heterocycles. The van der Waals surface area contributed by atoms with Crippen molar-refractivity contribution in [1.82, 2.24) is 25.1 Å². The number of carbonyl (C=O) groups excluding carboxylic acids is 1. The van der Waals surface area contributed by atoms with Gasteiger partial charge in [0.05, 0.1) is 43.9 Å². The lowest BCUT2D eigenvalue weighted by Crippen LogP contribution is -2.37. The van der Waals surface area contributed by atoms with Crippen LogP contribution in [-0.2, 0) is 9.53 Å². The van der Waals surface area contributed by atoms with E-state index in [1.807, 2.05) is 10.9 Å². The van der Waals surface area contributed by atoms with E-state index in [-0.39, 0.29) is 29.8 Å². The van der Waals surface area contributed by atoms with Gasteiger partial charge in [-0.15, -0.1) is 0 Å². The van der Waals surface area contributed by atoms with E-state index in [2.05, 4.69) is 25.7 Å². The maximum absolute atomic E-state index is 14.1. The molecule has 2 fully saturated rings. The first-order valence-electron chi connectivity index (χ1n) is 9.88. The summed E-state index contributed by atoms with van der Waals surface area (Å²) >= 11 is 0. The van der Waals surface area contributed by atoms with Crippen LogP contribution >= 0.6 is 0 Å². The summed E-state index contributed by atoms with van der Waals surface area (Å²) < 4.78 is 26.7. The summed E-state index contributed by atoms with van der Waals surface area (Å²) in [5, 5.41) is 10.3. The summed E-state index contributed by atoms with van der Waals surface area (Å²) in [4.78, 5) is 19.3. The number of carbonyl (C=O) groups is 1. The number of nitrogens with zero attached hydrogens (tertiary/aromatic N) is 4. The molecular weight excluding hydrogens is 379 g/mol. The zero-order valence-corrected chi connectivity index (χ0v) is 16.3. The summed E-state index contributed by atoms with van der Waals surface area (Å²) in [6, 6.07) is 0.474. The highest BCUT2D eigenvalue weighted by Crippen LogP contribution is 2.26. The van der Waals surface area contributed by atoms with Crippen LogP contribution < -0.4 is 15.4 Å². The molecule has 2 aromatic heterocycles. The topological polar surface area (TPSA) is 103 Å². The maximum Gasteiger partial charge on any atom is 0.255 e. The molecule has 1 aliphatic heterocycles. The van der Waals surface area contributed by atoms with Gasteiger partial charge in [0.1, 0.15) is 0 Å². The van der Waals surface area contributed by atoms with E-state index in [0.717, 1.165) is 31.9 Å². The van der Waals surface area contributed by atoms with E-state index < -0.39 is 5.82 Å². The first-order valence-corrected chi connectivity index (χ1v) is 9.88. The molecule has 1 aliphatic carbocycles. The van der Waals surface area contributed by atoms with Crippen molar-refractivity contribution in [2.75, 3.05) is 25.1 Å². The average molecular weight is 404 g/mol. The molecule has 2 aromatic rings. The number of halogens is 1. The van der Waals surface area contributed by atoms with Gasteiger partial charge < -0.3 is 20.1 Å². The fourth-order valence-corrected chi connectivity index (χ4v) is 3.58. The number of aromatic nitrogens is 4. The molecule has 10 heteroatoms. The summed E-state index contributed by atoms with van der Waals surface area (Å²) in [7, 11) is 0. The van der Waals surface area contributed by atoms with Crippen molar-refractivity contribution < 1.29 is 18.7 Å². The van der Waals surface area contributed by atoms with Crippen molar-refractivity contribution in [2.45, 2.75) is 44.7 Å². The molecule has 2 N–H and O–H groups in total. The van der Waals surface area contributed by atoms with E-state index in [1.54, 1.807) is 6.20 Å². The average Bonchev–Trinajstić information content (AvgIpc) is 3.09. The molecule has 1 saturated heterocycles. The molecule has 0 unspecified atom stereocenters. The SMILES string of the molecule is CC(=O)N[C@H]1CC[C@H](COc2nc(Nc3cnn(C4COC4)c3)ncc2F)CC1. The van der Waals surface area contributed by atoms with Crippen molar-refractivity contribution in [3.8, 4) is 5.88 Å². The third kappa shape index (κ3) is 5.00. The van der Waals surface area contributed by atoms with Gasteiger partial charge in [-0.1, -0.05) is 0 Å². The van der Waals surface area contributed by atoms with Gasteiger partial charge in [-0.3, -0.25) is 9.48 Å². The Balaban J connectivity index is 1.30. The van der Waals surface area contributed by atoms with Crippen LogP contribution in [0.5, 0.6) is 5.88 Å². The van der Waals surface area contributed by atoms with E-state index >= 15 is 0 Å². The van der Waals surface area contributed by atoms with Gasteiger partial charge in [0.25, 0.3) is 5.88 Å². The molecule has 2 aliphatic rings. The summed E-state index contributed by atoms with van der Waals surface area (Å²) in [5.41, 5.74) is 0.714. The smallest absolute Gasteiger partial charge is 0.255 e. The largest absolute Gasteiger partial charge is 0.475 e. The lowest BCUT2D eigenvalue weighted by Gasteiger charge is -2.28. The first-order chi connectivity index (χ1) is 14.1. The third-order valence-electron chi connectivity index (χ3n) is 5.27. The number of rotatable bonds is 7. The van der Waals surface area contributed by atoms with E-state index in [9.17, 15) is 9.18 Å². The van der Waals surface area contributed by atoms with Gasteiger partial charge in [0, 0.05) is 19.2 Å². The fraction of sp³-hybridized carbons (Fsp3) is 0.579. The summed E-state index contributed by atoms with van der Waals surface area (Å²) in [6.45, 7) is 3.23. The quantitative estimate of drug-likeness (QED) is 0.729. The molecule has 0 atom stereocenters. The number of nitrogens with one attached hydrogen (secondary N) is 2. The molecule has 0 spiro atoms. The molecule has 0 bridgehead atoms. The zero-order valence-electron chi connectivity index (χ0n) is 16.3. The Morgan fingerprint density at radius 1 is 1.31 bits per heavy atom. The van der Waals surface area contributed by atoms with Gasteiger partial charge in [0.15, 0.2) is 0 Å². The molecule has 0 aromatic carbocycles. The van der Waals surface area contributed by atoms with Crippen molar-refractivity contribution in [3.63, 3.8) is 0 Å². The molecule has 9 nitrogen and oxygen atoms in total. The van der Waals surface area contributed by atoms with Gasteiger partial charge in [0.2, 0.25) is 17.7 Å². The summed E-state index contributed by atoms with van der Waals surface area (Å²) in [5.74, 6) is -0.0932. The lowest BCUT2D eigenvalue weighted by atomic mass is 9.86. The Morgan fingerprint density at radius 2 is 2.10 bits per heavy atom. The molecule has 1 saturated carbocycles. The van der Waals surface area contributed by atoms with E-state index in [1.165, 1.54) is 6.92 Å². The van der Waals surface area contributed by atoms with Crippen LogP contribution in [0.25, 0.3) is 0 Å². The van der Waals surface area contributed by atoms with Gasteiger partial charge in [-0.2, -0.15) is 14.5 Å². The molecular formula is C19H25FN6O3. The minimum absolute atomic E-state index is 0.000603. The van der Waals surface area contributed by atoms with Crippen LogP contribution in [0.3, 0.4) is 0 Å². The second kappa shape index (κ2) is 8.73. The van der Waals surface area contributed by atoms with Crippen LogP contribution in [0.1, 0.15) is 38.6 Å². The maximum atomic E-state index is 14.1. The third-order valence-corrected chi connectivity index (χ3v) is 5.27. The molecule has 0 radical (unpaired) electrons. The van der Waals surface area contributed by atoms with Crippen LogP contribution in [0, 0.1) is 11.7 Å². The van der Waals surface area contributed by atoms with E-state index in [4.69, 9.17) is 9.47 Å². The second-order valence-corrected chi connectivity index (χ2v) is 7.60. The van der Waals surface area contributed by atoms with E-state index in [0.29, 0.717) is 31.4 Å². The second-order valence-electron chi connectivity index (χ2n) is 7.60. The Labute approximate surface area is 168 Å². The highest BCUT2D eigenvalue weighted by atomic mass is 19.1. The van der Waals surface area contributed by atoms with Gasteiger partial charge in [-0.25, -0.2) is 4.98 Å². The Kier molecular flexibility index (Phi) is 5.89.